The van der Waals surface area contributed by atoms with Gasteiger partial charge in [0.1, 0.15) is 11.6 Å². The van der Waals surface area contributed by atoms with Gasteiger partial charge in [-0.3, -0.25) is 9.59 Å². The Morgan fingerprint density at radius 1 is 1.25 bits per heavy atom. The quantitative estimate of drug-likeness (QED) is 0.780. The standard InChI is InChI=1S/C13H12FN3O3/c14-10-3-1-7(5-9(10)12(16)18)17-13(19)11-4-2-8(6-15)20-11/h1-5H,6,15H2,(H2,16,18)(H,17,19). The zero-order valence-corrected chi connectivity index (χ0v) is 10.4. The average Bonchev–Trinajstić information content (AvgIpc) is 2.89. The van der Waals surface area contributed by atoms with Crippen LogP contribution >= 0.6 is 0 Å². The zero-order chi connectivity index (χ0) is 14.7. The van der Waals surface area contributed by atoms with Crippen LogP contribution in [0.3, 0.4) is 0 Å². The second-order valence-corrected chi connectivity index (χ2v) is 3.98. The summed E-state index contributed by atoms with van der Waals surface area (Å²) in [5.41, 5.74) is 10.3. The summed E-state index contributed by atoms with van der Waals surface area (Å²) in [7, 11) is 0. The topological polar surface area (TPSA) is 111 Å². The van der Waals surface area contributed by atoms with Crippen molar-refractivity contribution in [2.24, 2.45) is 11.5 Å². The first-order valence-corrected chi connectivity index (χ1v) is 5.70. The minimum atomic E-state index is -0.915. The second kappa shape index (κ2) is 5.54. The van der Waals surface area contributed by atoms with Gasteiger partial charge >= 0.3 is 0 Å². The largest absolute Gasteiger partial charge is 0.455 e. The van der Waals surface area contributed by atoms with E-state index in [9.17, 15) is 14.0 Å². The van der Waals surface area contributed by atoms with Gasteiger partial charge in [-0.2, -0.15) is 0 Å². The first kappa shape index (κ1) is 13.8. The van der Waals surface area contributed by atoms with E-state index in [0.29, 0.717) is 5.76 Å². The third-order valence-corrected chi connectivity index (χ3v) is 2.58. The lowest BCUT2D eigenvalue weighted by molar-refractivity contribution is 0.0985. The third kappa shape index (κ3) is 2.83. The molecule has 0 spiro atoms. The molecular formula is C13H12FN3O3. The lowest BCUT2D eigenvalue weighted by Gasteiger charge is -2.05. The number of hydrogen-bond donors (Lipinski definition) is 3. The SMILES string of the molecule is NCc1ccc(C(=O)Nc2ccc(F)c(C(N)=O)c2)o1. The van der Waals surface area contributed by atoms with Crippen LogP contribution in [0.5, 0.6) is 0 Å². The zero-order valence-electron chi connectivity index (χ0n) is 10.4. The van der Waals surface area contributed by atoms with Gasteiger partial charge in [0.05, 0.1) is 12.1 Å². The summed E-state index contributed by atoms with van der Waals surface area (Å²) in [6.07, 6.45) is 0. The van der Waals surface area contributed by atoms with Crippen molar-refractivity contribution in [2.75, 3.05) is 5.32 Å². The van der Waals surface area contributed by atoms with Gasteiger partial charge < -0.3 is 21.2 Å². The number of rotatable bonds is 4. The molecule has 2 rings (SSSR count). The maximum atomic E-state index is 13.3. The number of anilines is 1. The molecule has 20 heavy (non-hydrogen) atoms. The Morgan fingerprint density at radius 2 is 2.00 bits per heavy atom. The van der Waals surface area contributed by atoms with Gasteiger partial charge in [0.15, 0.2) is 5.76 Å². The highest BCUT2D eigenvalue weighted by Crippen LogP contribution is 2.16. The number of amides is 2. The fourth-order valence-corrected chi connectivity index (χ4v) is 1.59. The fourth-order valence-electron chi connectivity index (χ4n) is 1.59. The summed E-state index contributed by atoms with van der Waals surface area (Å²) in [5.74, 6) is -1.67. The maximum absolute atomic E-state index is 13.3. The predicted octanol–water partition coefficient (Wildman–Crippen LogP) is 1.23. The van der Waals surface area contributed by atoms with Gasteiger partial charge in [-0.25, -0.2) is 4.39 Å². The number of carbonyl (C=O) groups excluding carboxylic acids is 2. The molecule has 1 aromatic carbocycles. The fraction of sp³-hybridized carbons (Fsp3) is 0.0769. The van der Waals surface area contributed by atoms with Crippen LogP contribution < -0.4 is 16.8 Å². The van der Waals surface area contributed by atoms with E-state index in [2.05, 4.69) is 5.32 Å². The van der Waals surface area contributed by atoms with E-state index in [1.54, 1.807) is 6.07 Å². The Balaban J connectivity index is 2.19. The van der Waals surface area contributed by atoms with Crippen LogP contribution in [0, 0.1) is 5.82 Å². The molecule has 0 aliphatic carbocycles. The number of nitrogens with one attached hydrogen (secondary N) is 1. The molecule has 0 bridgehead atoms. The number of primary amides is 1. The van der Waals surface area contributed by atoms with E-state index in [-0.39, 0.29) is 23.6 Å². The van der Waals surface area contributed by atoms with E-state index in [1.807, 2.05) is 0 Å². The number of furan rings is 1. The van der Waals surface area contributed by atoms with Crippen molar-refractivity contribution in [1.29, 1.82) is 0 Å². The lowest BCUT2D eigenvalue weighted by Crippen LogP contribution is -2.15. The first-order valence-electron chi connectivity index (χ1n) is 5.70. The Kier molecular flexibility index (Phi) is 3.81. The molecule has 2 aromatic rings. The van der Waals surface area contributed by atoms with E-state index in [4.69, 9.17) is 15.9 Å². The Hall–Kier alpha value is -2.67. The molecule has 7 heteroatoms. The molecule has 0 saturated carbocycles. The third-order valence-electron chi connectivity index (χ3n) is 2.58. The Morgan fingerprint density at radius 3 is 2.60 bits per heavy atom. The summed E-state index contributed by atoms with van der Waals surface area (Å²) >= 11 is 0. The molecule has 104 valence electrons. The summed E-state index contributed by atoms with van der Waals surface area (Å²) in [5, 5.41) is 2.47. The van der Waals surface area contributed by atoms with Crippen molar-refractivity contribution < 1.29 is 18.4 Å². The van der Waals surface area contributed by atoms with Crippen LogP contribution in [0.2, 0.25) is 0 Å². The molecule has 2 amide bonds. The lowest BCUT2D eigenvalue weighted by atomic mass is 10.1. The molecule has 0 fully saturated rings. The molecule has 0 radical (unpaired) electrons. The van der Waals surface area contributed by atoms with E-state index in [1.165, 1.54) is 12.1 Å². The molecular weight excluding hydrogens is 265 g/mol. The van der Waals surface area contributed by atoms with Crippen molar-refractivity contribution in [2.45, 2.75) is 6.54 Å². The Bertz CT molecular complexity index is 667. The molecule has 0 aliphatic rings. The normalized spacial score (nSPS) is 10.3. The van der Waals surface area contributed by atoms with Crippen LogP contribution in [-0.4, -0.2) is 11.8 Å². The first-order chi connectivity index (χ1) is 9.51. The molecule has 5 N–H and O–H groups in total. The maximum Gasteiger partial charge on any atom is 0.291 e. The molecule has 6 nitrogen and oxygen atoms in total. The summed E-state index contributed by atoms with van der Waals surface area (Å²) in [4.78, 5) is 22.9. The number of carbonyl (C=O) groups is 2. The predicted molar refractivity (Wildman–Crippen MR) is 69.5 cm³/mol. The van der Waals surface area contributed by atoms with Gasteiger partial charge in [0.25, 0.3) is 11.8 Å². The van der Waals surface area contributed by atoms with Gasteiger partial charge in [-0.1, -0.05) is 0 Å². The van der Waals surface area contributed by atoms with Crippen LogP contribution in [0.1, 0.15) is 26.7 Å². The smallest absolute Gasteiger partial charge is 0.291 e. The van der Waals surface area contributed by atoms with Gasteiger partial charge in [0, 0.05) is 5.69 Å². The minimum Gasteiger partial charge on any atom is -0.455 e. The number of halogens is 1. The summed E-state index contributed by atoms with van der Waals surface area (Å²) in [6, 6.07) is 6.56. The van der Waals surface area contributed by atoms with E-state index < -0.39 is 17.6 Å². The van der Waals surface area contributed by atoms with E-state index in [0.717, 1.165) is 12.1 Å². The van der Waals surface area contributed by atoms with Gasteiger partial charge in [-0.05, 0) is 30.3 Å². The molecule has 1 heterocycles. The summed E-state index contributed by atoms with van der Waals surface area (Å²) in [6.45, 7) is 0.176. The highest BCUT2D eigenvalue weighted by atomic mass is 19.1. The monoisotopic (exact) mass is 277 g/mol. The average molecular weight is 277 g/mol. The molecule has 0 atom stereocenters. The number of hydrogen-bond acceptors (Lipinski definition) is 4. The molecule has 0 unspecified atom stereocenters. The van der Waals surface area contributed by atoms with Crippen LogP contribution in [0.4, 0.5) is 10.1 Å². The van der Waals surface area contributed by atoms with Crippen molar-refractivity contribution in [3.05, 3.63) is 53.2 Å². The number of nitrogens with two attached hydrogens (primary N) is 2. The van der Waals surface area contributed by atoms with Crippen LogP contribution in [-0.2, 0) is 6.54 Å². The molecule has 0 saturated heterocycles. The Labute approximate surface area is 113 Å². The van der Waals surface area contributed by atoms with Crippen LogP contribution in [0.15, 0.2) is 34.7 Å². The molecule has 1 aromatic heterocycles. The highest BCUT2D eigenvalue weighted by molar-refractivity contribution is 6.03. The van der Waals surface area contributed by atoms with Crippen molar-refractivity contribution in [1.82, 2.24) is 0 Å². The van der Waals surface area contributed by atoms with Crippen molar-refractivity contribution in [3.8, 4) is 0 Å². The number of benzene rings is 1. The van der Waals surface area contributed by atoms with Gasteiger partial charge in [0.2, 0.25) is 0 Å². The van der Waals surface area contributed by atoms with Crippen molar-refractivity contribution >= 4 is 17.5 Å². The second-order valence-electron chi connectivity index (χ2n) is 3.98. The summed E-state index contributed by atoms with van der Waals surface area (Å²) < 4.78 is 18.4. The van der Waals surface area contributed by atoms with Crippen molar-refractivity contribution in [3.63, 3.8) is 0 Å². The van der Waals surface area contributed by atoms with Gasteiger partial charge in [-0.15, -0.1) is 0 Å². The van der Waals surface area contributed by atoms with E-state index >= 15 is 0 Å². The highest BCUT2D eigenvalue weighted by Gasteiger charge is 2.13. The molecule has 0 aliphatic heterocycles. The van der Waals surface area contributed by atoms with Crippen LogP contribution in [0.25, 0.3) is 0 Å². The minimum absolute atomic E-state index is 0.0652.